The predicted molar refractivity (Wildman–Crippen MR) is 309 cm³/mol. The molecule has 5 amide bonds. The number of nitrogens with one attached hydrogen (secondary N) is 4. The van der Waals surface area contributed by atoms with Crippen molar-refractivity contribution in [2.45, 2.75) is 197 Å². The van der Waals surface area contributed by atoms with Crippen molar-refractivity contribution in [3.05, 3.63) is 136 Å². The number of carboxylic acid groups (broad SMARTS) is 1. The highest BCUT2D eigenvalue weighted by atomic mass is 16.7. The Labute approximate surface area is 481 Å². The van der Waals surface area contributed by atoms with Crippen molar-refractivity contribution in [1.29, 1.82) is 0 Å². The number of hydrogen-bond donors (Lipinski definition) is 10. The molecular formula is C63H86N6O13. The summed E-state index contributed by atoms with van der Waals surface area (Å²) < 4.78 is 11.4. The number of aliphatic hydroxyl groups is 3. The molecule has 19 heteroatoms. The molecule has 4 aromatic rings. The molecule has 6 rings (SSSR count). The summed E-state index contributed by atoms with van der Waals surface area (Å²) in [6.07, 6.45) is 3.80. The molecule has 0 aromatic heterocycles. The first-order valence-electron chi connectivity index (χ1n) is 29.2. The van der Waals surface area contributed by atoms with E-state index < -0.39 is 96.4 Å². The van der Waals surface area contributed by atoms with Gasteiger partial charge in [0.1, 0.15) is 48.2 Å². The number of aliphatic carboxylic acids is 1. The predicted octanol–water partition coefficient (Wildman–Crippen LogP) is 4.89. The SMILES string of the molecule is CCCCCCCCCCCCO[C@@H]1O[C@H](C(=O)NCCCC[C@H](NC(=O)[C@H](Cc2ccccc2)NC(=O)[C@H](Cc2ccccc2)NC(=O)[C@@H]2Cc3ccccc3CN2C(=O)[C@@H](N)Cc2c(C)cc(O)cc2C)C(=O)O)[C@@H](O)[C@H](O)[C@H]1O. The minimum Gasteiger partial charge on any atom is -0.508 e. The zero-order valence-corrected chi connectivity index (χ0v) is 47.7. The highest BCUT2D eigenvalue weighted by Gasteiger charge is 2.47. The highest BCUT2D eigenvalue weighted by molar-refractivity contribution is 5.96. The minimum atomic E-state index is -1.74. The number of aryl methyl sites for hydroxylation is 2. The van der Waals surface area contributed by atoms with Gasteiger partial charge in [0.05, 0.1) is 6.04 Å². The fourth-order valence-corrected chi connectivity index (χ4v) is 10.8. The van der Waals surface area contributed by atoms with Gasteiger partial charge in [0.15, 0.2) is 12.4 Å². The molecule has 0 aliphatic carbocycles. The third-order valence-corrected chi connectivity index (χ3v) is 15.5. The smallest absolute Gasteiger partial charge is 0.326 e. The van der Waals surface area contributed by atoms with E-state index in [2.05, 4.69) is 28.2 Å². The first kappa shape index (κ1) is 64.4. The van der Waals surface area contributed by atoms with Gasteiger partial charge in [-0.1, -0.05) is 150 Å². The van der Waals surface area contributed by atoms with Crippen LogP contribution < -0.4 is 27.0 Å². The Morgan fingerprint density at radius 2 is 1.18 bits per heavy atom. The molecule has 4 aromatic carbocycles. The van der Waals surface area contributed by atoms with Gasteiger partial charge in [-0.3, -0.25) is 24.0 Å². The third-order valence-electron chi connectivity index (χ3n) is 15.5. The number of hydrogen-bond acceptors (Lipinski definition) is 13. The Bertz CT molecular complexity index is 2670. The average Bonchev–Trinajstić information content (AvgIpc) is 3.65. The summed E-state index contributed by atoms with van der Waals surface area (Å²) in [5.74, 6) is -4.65. The Kier molecular flexibility index (Phi) is 25.8. The normalized spacial score (nSPS) is 20.1. The van der Waals surface area contributed by atoms with Crippen LogP contribution in [0.2, 0.25) is 0 Å². The van der Waals surface area contributed by atoms with Crippen molar-refractivity contribution in [3.63, 3.8) is 0 Å². The first-order chi connectivity index (χ1) is 39.4. The molecule has 82 heavy (non-hydrogen) atoms. The molecule has 2 aliphatic heterocycles. The van der Waals surface area contributed by atoms with E-state index in [4.69, 9.17) is 15.2 Å². The summed E-state index contributed by atoms with van der Waals surface area (Å²) in [5.41, 5.74) is 12.0. The lowest BCUT2D eigenvalue weighted by atomic mass is 9.91. The van der Waals surface area contributed by atoms with Crippen LogP contribution in [-0.2, 0) is 70.5 Å². The van der Waals surface area contributed by atoms with Gasteiger partial charge in [0, 0.05) is 39.0 Å². The van der Waals surface area contributed by atoms with Gasteiger partial charge in [-0.15, -0.1) is 0 Å². The molecule has 0 unspecified atom stereocenters. The Morgan fingerprint density at radius 1 is 0.646 bits per heavy atom. The number of aliphatic hydroxyl groups excluding tert-OH is 3. The van der Waals surface area contributed by atoms with E-state index in [0.717, 1.165) is 47.1 Å². The van der Waals surface area contributed by atoms with Crippen LogP contribution in [0.4, 0.5) is 0 Å². The van der Waals surface area contributed by atoms with E-state index in [1.807, 2.05) is 38.1 Å². The maximum atomic E-state index is 14.7. The molecule has 0 spiro atoms. The maximum Gasteiger partial charge on any atom is 0.326 e. The number of phenols is 1. The molecule has 11 N–H and O–H groups in total. The van der Waals surface area contributed by atoms with E-state index in [-0.39, 0.29) is 70.4 Å². The van der Waals surface area contributed by atoms with Crippen LogP contribution in [0.5, 0.6) is 5.75 Å². The number of phenolic OH excluding ortho intramolecular Hbond substituents is 1. The summed E-state index contributed by atoms with van der Waals surface area (Å²) >= 11 is 0. The van der Waals surface area contributed by atoms with E-state index in [0.29, 0.717) is 17.5 Å². The number of ether oxygens (including phenoxy) is 2. The van der Waals surface area contributed by atoms with Crippen molar-refractivity contribution in [3.8, 4) is 5.75 Å². The highest BCUT2D eigenvalue weighted by Crippen LogP contribution is 2.28. The van der Waals surface area contributed by atoms with E-state index >= 15 is 0 Å². The fourth-order valence-electron chi connectivity index (χ4n) is 10.8. The van der Waals surface area contributed by atoms with Crippen molar-refractivity contribution < 1.29 is 63.8 Å². The van der Waals surface area contributed by atoms with Gasteiger partial charge >= 0.3 is 5.97 Å². The third kappa shape index (κ3) is 19.2. The topological polar surface area (TPSA) is 299 Å². The van der Waals surface area contributed by atoms with Gasteiger partial charge < -0.3 is 66.9 Å². The number of unbranched alkanes of at least 4 members (excludes halogenated alkanes) is 10. The second-order valence-electron chi connectivity index (χ2n) is 22.0. The van der Waals surface area contributed by atoms with Crippen molar-refractivity contribution in [1.82, 2.24) is 26.2 Å². The van der Waals surface area contributed by atoms with Crippen molar-refractivity contribution in [2.24, 2.45) is 5.73 Å². The molecule has 1 saturated heterocycles. The zero-order valence-electron chi connectivity index (χ0n) is 47.7. The van der Waals surface area contributed by atoms with Crippen LogP contribution in [-0.4, -0.2) is 140 Å². The molecular weight excluding hydrogens is 1050 g/mol. The summed E-state index contributed by atoms with van der Waals surface area (Å²) in [5, 5.41) is 63.2. The zero-order chi connectivity index (χ0) is 59.1. The summed E-state index contributed by atoms with van der Waals surface area (Å²) in [4.78, 5) is 85.5. The number of amides is 5. The quantitative estimate of drug-likeness (QED) is 0.0292. The van der Waals surface area contributed by atoms with Crippen LogP contribution in [0, 0.1) is 13.8 Å². The molecule has 19 nitrogen and oxygen atoms in total. The maximum absolute atomic E-state index is 14.7. The van der Waals surface area contributed by atoms with E-state index in [1.54, 1.807) is 72.8 Å². The first-order valence-corrected chi connectivity index (χ1v) is 29.2. The van der Waals surface area contributed by atoms with Crippen LogP contribution in [0.15, 0.2) is 97.1 Å². The molecule has 10 atom stereocenters. The van der Waals surface area contributed by atoms with Crippen LogP contribution in [0.1, 0.15) is 129 Å². The fraction of sp³-hybridized carbons (Fsp3) is 0.524. The summed E-state index contributed by atoms with van der Waals surface area (Å²) in [6.45, 7) is 6.16. The minimum absolute atomic E-state index is 0.00921. The molecule has 1 fully saturated rings. The molecule has 446 valence electrons. The average molecular weight is 1140 g/mol. The van der Waals surface area contributed by atoms with Crippen LogP contribution in [0.3, 0.4) is 0 Å². The molecule has 0 bridgehead atoms. The Balaban J connectivity index is 1.07. The second kappa shape index (κ2) is 32.8. The number of benzene rings is 4. The Morgan fingerprint density at radius 3 is 1.77 bits per heavy atom. The summed E-state index contributed by atoms with van der Waals surface area (Å²) in [6, 6.07) is 22.3. The summed E-state index contributed by atoms with van der Waals surface area (Å²) in [7, 11) is 0. The molecule has 2 aliphatic rings. The van der Waals surface area contributed by atoms with E-state index in [9.17, 15) is 54.3 Å². The van der Waals surface area contributed by atoms with Gasteiger partial charge in [0.25, 0.3) is 5.91 Å². The lowest BCUT2D eigenvalue weighted by molar-refractivity contribution is -0.290. The van der Waals surface area contributed by atoms with Gasteiger partial charge in [-0.2, -0.15) is 0 Å². The monoisotopic (exact) mass is 1130 g/mol. The largest absolute Gasteiger partial charge is 0.508 e. The van der Waals surface area contributed by atoms with Gasteiger partial charge in [-0.25, -0.2) is 4.79 Å². The van der Waals surface area contributed by atoms with Crippen molar-refractivity contribution in [2.75, 3.05) is 13.2 Å². The van der Waals surface area contributed by atoms with Gasteiger partial charge in [-0.05, 0) is 97.0 Å². The van der Waals surface area contributed by atoms with E-state index in [1.165, 1.54) is 43.4 Å². The second-order valence-corrected chi connectivity index (χ2v) is 22.0. The number of rotatable bonds is 32. The number of carboxylic acids is 1. The molecule has 0 radical (unpaired) electrons. The number of carbonyl (C=O) groups excluding carboxylic acids is 5. The van der Waals surface area contributed by atoms with Crippen molar-refractivity contribution >= 4 is 35.5 Å². The number of carbonyl (C=O) groups is 6. The Hall–Kier alpha value is -6.74. The van der Waals surface area contributed by atoms with Crippen LogP contribution in [0.25, 0.3) is 0 Å². The number of nitrogens with zero attached hydrogens (tertiary/aromatic N) is 1. The standard InChI is InChI=1S/C63H86N6O13/c1-4-5-6-7-8-9-10-11-12-23-32-81-63-55(73)53(71)54(72)56(82-63)60(77)65-31-22-21-30-49(62(79)80)66-57(74)50(35-42-24-15-13-16-25-42)67-58(75)51(36-43-26-17-14-18-27-43)68-59(76)52-37-44-28-19-20-29-45(44)39-69(52)61(78)48(64)38-47-40(2)33-46(70)34-41(47)3/h13-20,24-29,33-34,48-56,63,70-73H,4-12,21-23,30-32,35-39,64H2,1-3H3,(H,65,77)(H,66,74)(H,67,75)(H,68,76)(H,79,80)/t48-,49-,50-,51-,52-,53-,54-,55+,56-,63+/m0/s1. The lowest BCUT2D eigenvalue weighted by Crippen LogP contribution is -2.62. The lowest BCUT2D eigenvalue weighted by Gasteiger charge is -2.39. The van der Waals surface area contributed by atoms with Crippen LogP contribution >= 0.6 is 0 Å². The molecule has 2 heterocycles. The number of aromatic hydroxyl groups is 1. The number of fused-ring (bicyclic) bond motifs is 1. The number of nitrogens with two attached hydrogens (primary N) is 1. The molecule has 0 saturated carbocycles. The van der Waals surface area contributed by atoms with Gasteiger partial charge in [0.2, 0.25) is 23.6 Å².